The summed E-state index contributed by atoms with van der Waals surface area (Å²) in [5.74, 6) is 0.601. The Kier molecular flexibility index (Phi) is 5.60. The fourth-order valence-electron chi connectivity index (χ4n) is 1.87. The van der Waals surface area contributed by atoms with E-state index in [4.69, 9.17) is 4.74 Å². The van der Waals surface area contributed by atoms with Gasteiger partial charge in [0.25, 0.3) is 0 Å². The first-order valence-electron chi connectivity index (χ1n) is 6.87. The first-order valence-corrected chi connectivity index (χ1v) is 6.87. The summed E-state index contributed by atoms with van der Waals surface area (Å²) in [4.78, 5) is 13.9. The molecule has 0 radical (unpaired) electrons. The van der Waals surface area contributed by atoms with Crippen LogP contribution in [-0.2, 0) is 9.53 Å². The minimum atomic E-state index is 0.137. The van der Waals surface area contributed by atoms with Crippen LogP contribution in [-0.4, -0.2) is 50.2 Å². The highest BCUT2D eigenvalue weighted by Gasteiger charge is 2.25. The first kappa shape index (κ1) is 15.4. The van der Waals surface area contributed by atoms with E-state index in [9.17, 15) is 4.79 Å². The van der Waals surface area contributed by atoms with Gasteiger partial charge in [0, 0.05) is 33.1 Å². The second-order valence-corrected chi connectivity index (χ2v) is 6.44. The lowest BCUT2D eigenvalue weighted by atomic mass is 9.80. The number of hydrogen-bond donors (Lipinski definition) is 1. The number of carbonyl (C=O) groups excluding carboxylic acids is 1. The third-order valence-electron chi connectivity index (χ3n) is 3.87. The van der Waals surface area contributed by atoms with E-state index in [1.165, 1.54) is 0 Å². The molecule has 18 heavy (non-hydrogen) atoms. The molecule has 2 atom stereocenters. The maximum atomic E-state index is 12.1. The number of nitrogens with zero attached hydrogens (tertiary/aromatic N) is 1. The van der Waals surface area contributed by atoms with Crippen molar-refractivity contribution in [3.8, 4) is 0 Å². The first-order chi connectivity index (χ1) is 8.30. The SMILES string of the molecule is CC(CC(=O)N(C)CC1CNCCO1)C(C)(C)C. The van der Waals surface area contributed by atoms with Crippen LogP contribution in [0.4, 0.5) is 0 Å². The molecule has 4 heteroatoms. The van der Waals surface area contributed by atoms with Crippen LogP contribution in [0.25, 0.3) is 0 Å². The van der Waals surface area contributed by atoms with Gasteiger partial charge in [0.2, 0.25) is 5.91 Å². The number of hydrogen-bond acceptors (Lipinski definition) is 3. The second-order valence-electron chi connectivity index (χ2n) is 6.44. The molecule has 0 aliphatic carbocycles. The molecule has 0 bridgehead atoms. The Hall–Kier alpha value is -0.610. The van der Waals surface area contributed by atoms with Crippen LogP contribution in [0.15, 0.2) is 0 Å². The van der Waals surface area contributed by atoms with Crippen LogP contribution >= 0.6 is 0 Å². The van der Waals surface area contributed by atoms with E-state index in [-0.39, 0.29) is 17.4 Å². The van der Waals surface area contributed by atoms with Gasteiger partial charge < -0.3 is 15.0 Å². The lowest BCUT2D eigenvalue weighted by Gasteiger charge is -2.31. The second kappa shape index (κ2) is 6.53. The van der Waals surface area contributed by atoms with Gasteiger partial charge >= 0.3 is 0 Å². The van der Waals surface area contributed by atoms with E-state index >= 15 is 0 Å². The summed E-state index contributed by atoms with van der Waals surface area (Å²) in [6.45, 7) is 11.9. The molecular formula is C14H28N2O2. The Balaban J connectivity index is 2.36. The van der Waals surface area contributed by atoms with Gasteiger partial charge in [-0.1, -0.05) is 27.7 Å². The fourth-order valence-corrected chi connectivity index (χ4v) is 1.87. The highest BCUT2D eigenvalue weighted by Crippen LogP contribution is 2.28. The smallest absolute Gasteiger partial charge is 0.222 e. The molecule has 0 aromatic rings. The normalized spacial score (nSPS) is 22.6. The Morgan fingerprint density at radius 2 is 2.17 bits per heavy atom. The van der Waals surface area contributed by atoms with Crippen LogP contribution in [0.5, 0.6) is 0 Å². The van der Waals surface area contributed by atoms with Gasteiger partial charge in [0.15, 0.2) is 0 Å². The van der Waals surface area contributed by atoms with E-state index in [0.717, 1.165) is 19.7 Å². The van der Waals surface area contributed by atoms with Crippen molar-refractivity contribution in [3.05, 3.63) is 0 Å². The molecule has 2 unspecified atom stereocenters. The number of likely N-dealkylation sites (N-methyl/N-ethyl adjacent to an activating group) is 1. The lowest BCUT2D eigenvalue weighted by molar-refractivity contribution is -0.133. The van der Waals surface area contributed by atoms with E-state index in [2.05, 4.69) is 33.0 Å². The molecule has 0 spiro atoms. The van der Waals surface area contributed by atoms with Crippen molar-refractivity contribution in [2.24, 2.45) is 11.3 Å². The highest BCUT2D eigenvalue weighted by atomic mass is 16.5. The number of ether oxygens (including phenoxy) is 1. The van der Waals surface area contributed by atoms with Crippen molar-refractivity contribution in [2.75, 3.05) is 33.3 Å². The standard InChI is InChI=1S/C14H28N2O2/c1-11(14(2,3)4)8-13(17)16(5)10-12-9-15-6-7-18-12/h11-12,15H,6-10H2,1-5H3. The Morgan fingerprint density at radius 1 is 1.50 bits per heavy atom. The monoisotopic (exact) mass is 256 g/mol. The summed E-state index contributed by atoms with van der Waals surface area (Å²) in [5.41, 5.74) is 0.180. The molecule has 1 N–H and O–H groups in total. The van der Waals surface area contributed by atoms with Crippen molar-refractivity contribution in [1.29, 1.82) is 0 Å². The summed E-state index contributed by atoms with van der Waals surface area (Å²) in [7, 11) is 1.87. The largest absolute Gasteiger partial charge is 0.374 e. The molecule has 1 heterocycles. The van der Waals surface area contributed by atoms with Crippen molar-refractivity contribution < 1.29 is 9.53 Å². The molecule has 0 aromatic heterocycles. The summed E-state index contributed by atoms with van der Waals surface area (Å²) in [6, 6.07) is 0. The molecule has 106 valence electrons. The predicted molar refractivity (Wildman–Crippen MR) is 73.5 cm³/mol. The zero-order valence-corrected chi connectivity index (χ0v) is 12.5. The summed E-state index contributed by atoms with van der Waals surface area (Å²) in [6.07, 6.45) is 0.748. The number of morpholine rings is 1. The van der Waals surface area contributed by atoms with Gasteiger partial charge in [0.1, 0.15) is 0 Å². The summed E-state index contributed by atoms with van der Waals surface area (Å²) < 4.78 is 5.61. The quantitative estimate of drug-likeness (QED) is 0.829. The van der Waals surface area contributed by atoms with Gasteiger partial charge in [-0.2, -0.15) is 0 Å². The maximum absolute atomic E-state index is 12.1. The molecule has 0 saturated carbocycles. The third kappa shape index (κ3) is 4.94. The van der Waals surface area contributed by atoms with Gasteiger partial charge in [-0.25, -0.2) is 0 Å². The van der Waals surface area contributed by atoms with E-state index in [1.807, 2.05) is 7.05 Å². The number of amides is 1. The summed E-state index contributed by atoms with van der Waals surface area (Å²) in [5, 5.41) is 3.28. The van der Waals surface area contributed by atoms with Crippen LogP contribution in [0.3, 0.4) is 0 Å². The van der Waals surface area contributed by atoms with Gasteiger partial charge in [-0.05, 0) is 11.3 Å². The van der Waals surface area contributed by atoms with Crippen molar-refractivity contribution >= 4 is 5.91 Å². The zero-order valence-electron chi connectivity index (χ0n) is 12.5. The lowest BCUT2D eigenvalue weighted by Crippen LogP contribution is -2.46. The minimum absolute atomic E-state index is 0.137. The number of rotatable bonds is 4. The Morgan fingerprint density at radius 3 is 2.67 bits per heavy atom. The Bertz CT molecular complexity index is 267. The minimum Gasteiger partial charge on any atom is -0.374 e. The van der Waals surface area contributed by atoms with E-state index in [0.29, 0.717) is 18.9 Å². The van der Waals surface area contributed by atoms with Gasteiger partial charge in [-0.3, -0.25) is 4.79 Å². The van der Waals surface area contributed by atoms with Crippen LogP contribution in [0.2, 0.25) is 0 Å². The van der Waals surface area contributed by atoms with Crippen LogP contribution in [0.1, 0.15) is 34.1 Å². The van der Waals surface area contributed by atoms with Crippen molar-refractivity contribution in [3.63, 3.8) is 0 Å². The van der Waals surface area contributed by atoms with Gasteiger partial charge in [0.05, 0.1) is 12.7 Å². The van der Waals surface area contributed by atoms with E-state index < -0.39 is 0 Å². The topological polar surface area (TPSA) is 41.6 Å². The molecule has 1 aliphatic heterocycles. The maximum Gasteiger partial charge on any atom is 0.222 e. The number of nitrogens with one attached hydrogen (secondary N) is 1. The molecule has 1 aliphatic rings. The van der Waals surface area contributed by atoms with Crippen LogP contribution in [0, 0.1) is 11.3 Å². The highest BCUT2D eigenvalue weighted by molar-refractivity contribution is 5.76. The predicted octanol–water partition coefficient (Wildman–Crippen LogP) is 1.51. The average Bonchev–Trinajstić information content (AvgIpc) is 2.28. The van der Waals surface area contributed by atoms with Crippen molar-refractivity contribution in [1.82, 2.24) is 10.2 Å². The molecular weight excluding hydrogens is 228 g/mol. The third-order valence-corrected chi connectivity index (χ3v) is 3.87. The molecule has 0 aromatic carbocycles. The molecule has 1 fully saturated rings. The fraction of sp³-hybridized carbons (Fsp3) is 0.929. The molecule has 4 nitrogen and oxygen atoms in total. The van der Waals surface area contributed by atoms with Crippen LogP contribution < -0.4 is 5.32 Å². The average molecular weight is 256 g/mol. The molecule has 1 saturated heterocycles. The number of carbonyl (C=O) groups is 1. The Labute approximate surface area is 111 Å². The molecule has 1 rings (SSSR count). The molecule has 1 amide bonds. The van der Waals surface area contributed by atoms with Gasteiger partial charge in [-0.15, -0.1) is 0 Å². The van der Waals surface area contributed by atoms with E-state index in [1.54, 1.807) is 4.90 Å². The van der Waals surface area contributed by atoms with Crippen molar-refractivity contribution in [2.45, 2.75) is 40.2 Å². The zero-order chi connectivity index (χ0) is 13.8. The summed E-state index contributed by atoms with van der Waals surface area (Å²) >= 11 is 0.